The van der Waals surface area contributed by atoms with Crippen LogP contribution in [0.1, 0.15) is 17.3 Å². The van der Waals surface area contributed by atoms with Crippen LogP contribution in [0.2, 0.25) is 0 Å². The summed E-state index contributed by atoms with van der Waals surface area (Å²) in [6.07, 6.45) is -5.90. The van der Waals surface area contributed by atoms with Crippen LogP contribution in [0.4, 0.5) is 13.2 Å². The van der Waals surface area contributed by atoms with Gasteiger partial charge in [0.05, 0.1) is 5.56 Å². The molecule has 0 spiro atoms. The molecule has 2 rings (SSSR count). The molecule has 1 unspecified atom stereocenters. The Morgan fingerprint density at radius 1 is 1.35 bits per heavy atom. The van der Waals surface area contributed by atoms with Gasteiger partial charge in [0.2, 0.25) is 5.84 Å². The van der Waals surface area contributed by atoms with Gasteiger partial charge in [0, 0.05) is 14.0 Å². The number of nitrogens with zero attached hydrogens (tertiary/aromatic N) is 2. The second-order valence-corrected chi connectivity index (χ2v) is 4.64. The molecule has 0 aliphatic carbocycles. The van der Waals surface area contributed by atoms with Gasteiger partial charge < -0.3 is 10.1 Å². The van der Waals surface area contributed by atoms with Crippen molar-refractivity contribution in [3.63, 3.8) is 0 Å². The number of halogens is 3. The molecule has 1 aliphatic heterocycles. The zero-order valence-electron chi connectivity index (χ0n) is 12.1. The number of carbonyl (C=O) groups excluding carboxylic acids is 2. The largest absolute Gasteiger partial charge is 0.450 e. The molecule has 0 radical (unpaired) electrons. The summed E-state index contributed by atoms with van der Waals surface area (Å²) in [6.45, 7) is 1.17. The first kappa shape index (κ1) is 16.7. The lowest BCUT2D eigenvalue weighted by atomic mass is 10.2. The number of amides is 1. The minimum Gasteiger partial charge on any atom is -0.426 e. The Morgan fingerprint density at radius 2 is 2.00 bits per heavy atom. The fraction of sp³-hybridized carbons (Fsp3) is 0.308. The van der Waals surface area contributed by atoms with E-state index in [0.717, 1.165) is 5.01 Å². The molecule has 7 nitrogen and oxygen atoms in total. The first-order chi connectivity index (χ1) is 10.7. The lowest BCUT2D eigenvalue weighted by molar-refractivity contribution is -0.131. The van der Waals surface area contributed by atoms with E-state index in [-0.39, 0.29) is 11.3 Å². The minimum absolute atomic E-state index is 0.00568. The highest BCUT2D eigenvalue weighted by molar-refractivity contribution is 5.98. The molecule has 1 atom stereocenters. The number of carbonyl (C=O) groups is 2. The second kappa shape index (κ2) is 6.24. The molecule has 10 heteroatoms. The monoisotopic (exact) mass is 330 g/mol. The maximum atomic E-state index is 12.6. The molecule has 1 aromatic carbocycles. The number of aliphatic imine (C=N–C) groups is 1. The van der Waals surface area contributed by atoms with E-state index in [1.165, 1.54) is 32.2 Å². The van der Waals surface area contributed by atoms with Crippen LogP contribution < -0.4 is 15.5 Å². The molecule has 0 fully saturated rings. The van der Waals surface area contributed by atoms with Crippen LogP contribution in [-0.2, 0) is 4.79 Å². The average Bonchev–Trinajstić information content (AvgIpc) is 2.80. The number of amidine groups is 1. The van der Waals surface area contributed by atoms with Crippen molar-refractivity contribution in [3.05, 3.63) is 29.8 Å². The highest BCUT2D eigenvalue weighted by Crippen LogP contribution is 2.21. The zero-order chi connectivity index (χ0) is 17.2. The number of benzene rings is 1. The van der Waals surface area contributed by atoms with E-state index in [0.29, 0.717) is 0 Å². The van der Waals surface area contributed by atoms with Crippen LogP contribution in [-0.4, -0.2) is 42.2 Å². The van der Waals surface area contributed by atoms with Gasteiger partial charge in [-0.05, 0) is 12.1 Å². The van der Waals surface area contributed by atoms with Gasteiger partial charge in [-0.25, -0.2) is 4.99 Å². The van der Waals surface area contributed by atoms with E-state index in [1.807, 2.05) is 5.43 Å². The summed E-state index contributed by atoms with van der Waals surface area (Å²) in [4.78, 5) is 26.6. The lowest BCUT2D eigenvalue weighted by Crippen LogP contribution is -2.48. The molecule has 1 aliphatic rings. The third kappa shape index (κ3) is 3.97. The second-order valence-electron chi connectivity index (χ2n) is 4.64. The molecule has 0 saturated carbocycles. The molecule has 124 valence electrons. The van der Waals surface area contributed by atoms with Gasteiger partial charge in [0.1, 0.15) is 5.75 Å². The quantitative estimate of drug-likeness (QED) is 0.639. The molecule has 1 heterocycles. The van der Waals surface area contributed by atoms with Crippen molar-refractivity contribution in [2.75, 3.05) is 7.05 Å². The van der Waals surface area contributed by atoms with Gasteiger partial charge in [-0.15, -0.1) is 0 Å². The summed E-state index contributed by atoms with van der Waals surface area (Å²) in [5.41, 5.74) is 2.01. The predicted octanol–water partition coefficient (Wildman–Crippen LogP) is 1.04. The van der Waals surface area contributed by atoms with Gasteiger partial charge in [-0.3, -0.25) is 15.0 Å². The van der Waals surface area contributed by atoms with Crippen LogP contribution in [0, 0.1) is 0 Å². The molecule has 0 bridgehead atoms. The Hall–Kier alpha value is -2.62. The van der Waals surface area contributed by atoms with E-state index < -0.39 is 30.2 Å². The maximum absolute atomic E-state index is 12.6. The average molecular weight is 330 g/mol. The maximum Gasteiger partial charge on any atom is 0.450 e. The van der Waals surface area contributed by atoms with Crippen molar-refractivity contribution < 1.29 is 27.5 Å². The summed E-state index contributed by atoms with van der Waals surface area (Å²) >= 11 is 0. The number of hydrazine groups is 1. The minimum atomic E-state index is -4.65. The van der Waals surface area contributed by atoms with Gasteiger partial charge in [0.25, 0.3) is 5.91 Å². The Bertz CT molecular complexity index is 660. The summed E-state index contributed by atoms with van der Waals surface area (Å²) < 4.78 is 42.6. The van der Waals surface area contributed by atoms with E-state index in [4.69, 9.17) is 4.74 Å². The van der Waals surface area contributed by atoms with Gasteiger partial charge in [0.15, 0.2) is 6.29 Å². The fourth-order valence-corrected chi connectivity index (χ4v) is 1.82. The van der Waals surface area contributed by atoms with E-state index in [9.17, 15) is 22.8 Å². The lowest BCUT2D eigenvalue weighted by Gasteiger charge is -2.19. The highest BCUT2D eigenvalue weighted by Gasteiger charge is 2.42. The van der Waals surface area contributed by atoms with E-state index in [1.54, 1.807) is 6.07 Å². The van der Waals surface area contributed by atoms with E-state index in [2.05, 4.69) is 10.3 Å². The summed E-state index contributed by atoms with van der Waals surface area (Å²) in [5.74, 6) is -2.56. The number of nitrogens with one attached hydrogen (secondary N) is 2. The van der Waals surface area contributed by atoms with Crippen molar-refractivity contribution >= 4 is 17.7 Å². The fourth-order valence-electron chi connectivity index (χ4n) is 1.82. The van der Waals surface area contributed by atoms with Crippen molar-refractivity contribution in [2.24, 2.45) is 4.99 Å². The Morgan fingerprint density at radius 3 is 2.57 bits per heavy atom. The molecule has 23 heavy (non-hydrogen) atoms. The molecule has 2 N–H and O–H groups in total. The van der Waals surface area contributed by atoms with E-state index >= 15 is 0 Å². The standard InChI is InChI=1S/C13H13F3N4O3/c1-7(21)23-9-6-4-3-5-8(9)10(22)17-12-18-11(13(14,15)16)19-20(12)2/h3-6,12H,1-2H3,(H,17,22)(H,18,19). The SMILES string of the molecule is CC(=O)Oc1ccccc1C(=O)NC1N=C(C(F)(F)F)NN1C. The number of hydrogen-bond acceptors (Lipinski definition) is 6. The molecule has 1 amide bonds. The third-order valence-electron chi connectivity index (χ3n) is 2.81. The number of hydrogen-bond donors (Lipinski definition) is 2. The number of esters is 1. The van der Waals surface area contributed by atoms with Crippen molar-refractivity contribution in [1.29, 1.82) is 0 Å². The van der Waals surface area contributed by atoms with Gasteiger partial charge >= 0.3 is 12.1 Å². The zero-order valence-corrected chi connectivity index (χ0v) is 12.1. The smallest absolute Gasteiger partial charge is 0.426 e. The van der Waals surface area contributed by atoms with Crippen molar-refractivity contribution in [1.82, 2.24) is 15.8 Å². The summed E-state index contributed by atoms with van der Waals surface area (Å²) in [6, 6.07) is 5.86. The van der Waals surface area contributed by atoms with Gasteiger partial charge in [-0.1, -0.05) is 12.1 Å². The molecular weight excluding hydrogens is 317 g/mol. The number of rotatable bonds is 3. The third-order valence-corrected chi connectivity index (χ3v) is 2.81. The Kier molecular flexibility index (Phi) is 4.55. The molecule has 0 aromatic heterocycles. The van der Waals surface area contributed by atoms with Crippen LogP contribution in [0.3, 0.4) is 0 Å². The summed E-state index contributed by atoms with van der Waals surface area (Å²) in [5, 5.41) is 3.30. The van der Waals surface area contributed by atoms with Crippen LogP contribution in [0.15, 0.2) is 29.3 Å². The normalized spacial score (nSPS) is 18.1. The first-order valence-corrected chi connectivity index (χ1v) is 6.41. The number of ether oxygens (including phenoxy) is 1. The number of para-hydroxylation sites is 1. The van der Waals surface area contributed by atoms with Crippen LogP contribution in [0.25, 0.3) is 0 Å². The highest BCUT2D eigenvalue weighted by atomic mass is 19.4. The first-order valence-electron chi connectivity index (χ1n) is 6.41. The molecule has 0 saturated heterocycles. The Balaban J connectivity index is 2.17. The Labute approximate surface area is 129 Å². The van der Waals surface area contributed by atoms with Crippen molar-refractivity contribution in [2.45, 2.75) is 19.4 Å². The van der Waals surface area contributed by atoms with Crippen LogP contribution >= 0.6 is 0 Å². The van der Waals surface area contributed by atoms with Crippen LogP contribution in [0.5, 0.6) is 5.75 Å². The number of alkyl halides is 3. The molecule has 1 aromatic rings. The topological polar surface area (TPSA) is 83.0 Å². The van der Waals surface area contributed by atoms with Gasteiger partial charge in [-0.2, -0.15) is 18.2 Å². The predicted molar refractivity (Wildman–Crippen MR) is 73.4 cm³/mol. The van der Waals surface area contributed by atoms with Crippen molar-refractivity contribution in [3.8, 4) is 5.75 Å². The molecular formula is C13H13F3N4O3. The summed E-state index contributed by atoms with van der Waals surface area (Å²) in [7, 11) is 1.30.